The molecule has 0 aliphatic rings. The Morgan fingerprint density at radius 1 is 1.36 bits per heavy atom. The van der Waals surface area contributed by atoms with Crippen LogP contribution in [0, 0.1) is 0 Å². The molecule has 0 aromatic carbocycles. The first kappa shape index (κ1) is 10.0. The Morgan fingerprint density at radius 3 is 2.09 bits per heavy atom. The predicted octanol–water partition coefficient (Wildman–Crippen LogP) is -3.98. The smallest absolute Gasteiger partial charge is 0.151 e. The number of aldehydes is 1. The van der Waals surface area contributed by atoms with Crippen molar-refractivity contribution in [1.82, 2.24) is 0 Å². The normalized spacial score (nSPS) is 18.5. The van der Waals surface area contributed by atoms with Crippen LogP contribution in [0.4, 0.5) is 0 Å². The molecule has 0 fully saturated rings. The van der Waals surface area contributed by atoms with Crippen LogP contribution in [0.2, 0.25) is 0 Å². The highest BCUT2D eigenvalue weighted by Crippen LogP contribution is 1.96. The highest BCUT2D eigenvalue weighted by molar-refractivity contribution is 5.72. The topological polar surface area (TPSA) is 118 Å². The molecule has 0 amide bonds. The first-order valence-electron chi connectivity index (χ1n) is 2.71. The highest BCUT2D eigenvalue weighted by atomic mass is 16.4. The van der Waals surface area contributed by atoms with Gasteiger partial charge in [-0.1, -0.05) is 0 Å². The van der Waals surface area contributed by atoms with Crippen LogP contribution in [0.15, 0.2) is 0 Å². The molecule has 0 radical (unpaired) electrons. The number of rotatable bonds is 4. The number of carbonyl (C=O) groups excluding carboxylic acids is 2. The Morgan fingerprint density at radius 2 is 1.82 bits per heavy atom. The molecule has 0 aliphatic carbocycles. The van der Waals surface area contributed by atoms with E-state index in [0.29, 0.717) is 0 Å². The van der Waals surface area contributed by atoms with Gasteiger partial charge in [0.05, 0.1) is 5.97 Å². The van der Waals surface area contributed by atoms with Crippen molar-refractivity contribution in [2.24, 2.45) is 0 Å². The van der Waals surface area contributed by atoms with Crippen molar-refractivity contribution in [1.29, 1.82) is 0 Å². The molecular formula is C5H7O6-. The third kappa shape index (κ3) is 2.62. The zero-order chi connectivity index (χ0) is 9.02. The summed E-state index contributed by atoms with van der Waals surface area (Å²) in [5, 5.41) is 35.4. The quantitative estimate of drug-likeness (QED) is 0.364. The fourth-order valence-electron chi connectivity index (χ4n) is 0.407. The molecule has 0 unspecified atom stereocenters. The van der Waals surface area contributed by atoms with Crippen LogP contribution >= 0.6 is 0 Å². The van der Waals surface area contributed by atoms with E-state index >= 15 is 0 Å². The van der Waals surface area contributed by atoms with Crippen LogP contribution in [0.1, 0.15) is 0 Å². The molecule has 0 saturated heterocycles. The van der Waals surface area contributed by atoms with E-state index in [0.717, 1.165) is 0 Å². The standard InChI is InChI=1S/C5H8O6/c6-1-2(7)3(8)4(9)5(10)11/h1-4,7-9H,(H,10,11)/p-1/t2-,3+,4+/m0/s1. The number of carbonyl (C=O) groups is 2. The lowest BCUT2D eigenvalue weighted by Gasteiger charge is -2.19. The largest absolute Gasteiger partial charge is 0.547 e. The van der Waals surface area contributed by atoms with Crippen LogP contribution in [0.5, 0.6) is 0 Å². The SMILES string of the molecule is O=C[C@H](O)[C@@H](O)[C@@H](O)C(=O)[O-]. The number of aliphatic hydroxyl groups excluding tert-OH is 3. The van der Waals surface area contributed by atoms with Gasteiger partial charge in [-0.2, -0.15) is 0 Å². The Labute approximate surface area is 61.7 Å². The lowest BCUT2D eigenvalue weighted by atomic mass is 10.1. The summed E-state index contributed by atoms with van der Waals surface area (Å²) in [6.45, 7) is 0. The van der Waals surface area contributed by atoms with E-state index in [1.54, 1.807) is 0 Å². The minimum atomic E-state index is -2.25. The lowest BCUT2D eigenvalue weighted by molar-refractivity contribution is -0.319. The van der Waals surface area contributed by atoms with Gasteiger partial charge in [0, 0.05) is 0 Å². The molecule has 0 rings (SSSR count). The number of aliphatic hydroxyl groups is 3. The third-order valence-electron chi connectivity index (χ3n) is 1.05. The van der Waals surface area contributed by atoms with Crippen molar-refractivity contribution >= 4 is 12.3 Å². The molecule has 0 heterocycles. The van der Waals surface area contributed by atoms with Gasteiger partial charge in [-0.3, -0.25) is 0 Å². The zero-order valence-corrected chi connectivity index (χ0v) is 5.38. The number of aliphatic carboxylic acids is 1. The molecule has 6 nitrogen and oxygen atoms in total. The molecule has 0 aliphatic heterocycles. The molecular weight excluding hydrogens is 156 g/mol. The van der Waals surface area contributed by atoms with Crippen LogP contribution in [0.25, 0.3) is 0 Å². The van der Waals surface area contributed by atoms with Crippen molar-refractivity contribution in [3.05, 3.63) is 0 Å². The van der Waals surface area contributed by atoms with Gasteiger partial charge in [0.1, 0.15) is 18.3 Å². The molecule has 0 aromatic rings. The van der Waals surface area contributed by atoms with E-state index in [-0.39, 0.29) is 6.29 Å². The average Bonchev–Trinajstić information content (AvgIpc) is 2.00. The predicted molar refractivity (Wildman–Crippen MR) is 29.1 cm³/mol. The molecule has 3 N–H and O–H groups in total. The molecule has 3 atom stereocenters. The molecule has 0 spiro atoms. The average molecular weight is 163 g/mol. The molecule has 0 saturated carbocycles. The first-order chi connectivity index (χ1) is 5.00. The monoisotopic (exact) mass is 163 g/mol. The molecule has 64 valence electrons. The molecule has 6 heteroatoms. The van der Waals surface area contributed by atoms with Gasteiger partial charge >= 0.3 is 0 Å². The summed E-state index contributed by atoms with van der Waals surface area (Å²) in [7, 11) is 0. The van der Waals surface area contributed by atoms with Crippen LogP contribution in [-0.4, -0.2) is 45.9 Å². The van der Waals surface area contributed by atoms with Crippen LogP contribution < -0.4 is 5.11 Å². The van der Waals surface area contributed by atoms with Crippen molar-refractivity contribution in [3.8, 4) is 0 Å². The number of hydrogen-bond donors (Lipinski definition) is 3. The number of carboxylic acids is 1. The van der Waals surface area contributed by atoms with Crippen molar-refractivity contribution in [2.75, 3.05) is 0 Å². The minimum Gasteiger partial charge on any atom is -0.547 e. The Kier molecular flexibility index (Phi) is 3.66. The van der Waals surface area contributed by atoms with Crippen molar-refractivity contribution in [3.63, 3.8) is 0 Å². The molecule has 0 bridgehead atoms. The van der Waals surface area contributed by atoms with E-state index in [1.807, 2.05) is 0 Å². The molecule has 0 aromatic heterocycles. The highest BCUT2D eigenvalue weighted by Gasteiger charge is 2.24. The van der Waals surface area contributed by atoms with Gasteiger partial charge < -0.3 is 30.0 Å². The van der Waals surface area contributed by atoms with Crippen LogP contribution in [0.3, 0.4) is 0 Å². The Balaban J connectivity index is 4.11. The Bertz CT molecular complexity index is 155. The van der Waals surface area contributed by atoms with E-state index < -0.39 is 24.3 Å². The van der Waals surface area contributed by atoms with E-state index in [2.05, 4.69) is 0 Å². The second-order valence-corrected chi connectivity index (χ2v) is 1.88. The summed E-state index contributed by atoms with van der Waals surface area (Å²) >= 11 is 0. The van der Waals surface area contributed by atoms with Crippen molar-refractivity contribution < 1.29 is 30.0 Å². The second-order valence-electron chi connectivity index (χ2n) is 1.88. The van der Waals surface area contributed by atoms with Crippen molar-refractivity contribution in [2.45, 2.75) is 18.3 Å². The van der Waals surface area contributed by atoms with Gasteiger partial charge in [0.15, 0.2) is 6.29 Å². The summed E-state index contributed by atoms with van der Waals surface area (Å²) in [6.07, 6.45) is -6.30. The van der Waals surface area contributed by atoms with E-state index in [9.17, 15) is 14.7 Å². The summed E-state index contributed by atoms with van der Waals surface area (Å²) < 4.78 is 0. The number of carboxylic acid groups (broad SMARTS) is 1. The van der Waals surface area contributed by atoms with Crippen LogP contribution in [-0.2, 0) is 9.59 Å². The Hall–Kier alpha value is -0.980. The van der Waals surface area contributed by atoms with Gasteiger partial charge in [-0.15, -0.1) is 0 Å². The zero-order valence-electron chi connectivity index (χ0n) is 5.38. The fourth-order valence-corrected chi connectivity index (χ4v) is 0.407. The second kappa shape index (κ2) is 4.02. The van der Waals surface area contributed by atoms with Gasteiger partial charge in [0.25, 0.3) is 0 Å². The third-order valence-corrected chi connectivity index (χ3v) is 1.05. The maximum Gasteiger partial charge on any atom is 0.151 e. The summed E-state index contributed by atoms with van der Waals surface area (Å²) in [6, 6.07) is 0. The summed E-state index contributed by atoms with van der Waals surface area (Å²) in [4.78, 5) is 19.6. The fraction of sp³-hybridized carbons (Fsp3) is 0.600. The maximum absolute atomic E-state index is 9.81. The van der Waals surface area contributed by atoms with E-state index in [4.69, 9.17) is 15.3 Å². The minimum absolute atomic E-state index is 0.0865. The van der Waals surface area contributed by atoms with E-state index in [1.165, 1.54) is 0 Å². The molecule has 11 heavy (non-hydrogen) atoms. The first-order valence-corrected chi connectivity index (χ1v) is 2.71. The number of hydrogen-bond acceptors (Lipinski definition) is 6. The summed E-state index contributed by atoms with van der Waals surface area (Å²) in [5.41, 5.74) is 0. The maximum atomic E-state index is 9.81. The van der Waals surface area contributed by atoms with Gasteiger partial charge in [0.2, 0.25) is 0 Å². The summed E-state index contributed by atoms with van der Waals surface area (Å²) in [5.74, 6) is -1.95. The lowest BCUT2D eigenvalue weighted by Crippen LogP contribution is -2.48. The van der Waals surface area contributed by atoms with Gasteiger partial charge in [-0.25, -0.2) is 0 Å². The van der Waals surface area contributed by atoms with Gasteiger partial charge in [-0.05, 0) is 0 Å².